The largest absolute Gasteiger partial charge is 0.493 e. The summed E-state index contributed by atoms with van der Waals surface area (Å²) in [5.41, 5.74) is 2.88. The summed E-state index contributed by atoms with van der Waals surface area (Å²) in [5.74, 6) is 0.390. The van der Waals surface area contributed by atoms with Crippen LogP contribution < -0.4 is 10.1 Å². The first-order chi connectivity index (χ1) is 12.8. The molecule has 142 valence electrons. The molecule has 2 aromatic carbocycles. The SMILES string of the molecule is CC(=O)Nc1c[nH]c2ccc(CCOc3ccc(CC(F)(F)F)cc3)cc12. The third kappa shape index (κ3) is 5.26. The Bertz CT molecular complexity index is 931. The topological polar surface area (TPSA) is 54.1 Å². The Morgan fingerprint density at radius 2 is 1.81 bits per heavy atom. The normalized spacial score (nSPS) is 11.6. The summed E-state index contributed by atoms with van der Waals surface area (Å²) in [5, 5.41) is 3.69. The van der Waals surface area contributed by atoms with E-state index in [1.54, 1.807) is 18.3 Å². The van der Waals surface area contributed by atoms with Gasteiger partial charge >= 0.3 is 6.18 Å². The maximum atomic E-state index is 12.4. The van der Waals surface area contributed by atoms with Crippen LogP contribution in [0.1, 0.15) is 18.1 Å². The second-order valence-electron chi connectivity index (χ2n) is 6.30. The zero-order valence-corrected chi connectivity index (χ0v) is 14.7. The van der Waals surface area contributed by atoms with E-state index in [0.29, 0.717) is 18.8 Å². The molecule has 1 heterocycles. The molecule has 0 aliphatic carbocycles. The number of halogens is 3. The van der Waals surface area contributed by atoms with Crippen LogP contribution in [0.3, 0.4) is 0 Å². The summed E-state index contributed by atoms with van der Waals surface area (Å²) >= 11 is 0. The monoisotopic (exact) mass is 376 g/mol. The van der Waals surface area contributed by atoms with E-state index in [9.17, 15) is 18.0 Å². The molecule has 0 radical (unpaired) electrons. The lowest BCUT2D eigenvalue weighted by atomic mass is 10.1. The van der Waals surface area contributed by atoms with Crippen molar-refractivity contribution in [2.45, 2.75) is 25.9 Å². The summed E-state index contributed by atoms with van der Waals surface area (Å²) in [7, 11) is 0. The lowest BCUT2D eigenvalue weighted by Gasteiger charge is -2.09. The zero-order valence-electron chi connectivity index (χ0n) is 14.7. The van der Waals surface area contributed by atoms with Crippen LogP contribution in [-0.2, 0) is 17.6 Å². The van der Waals surface area contributed by atoms with E-state index >= 15 is 0 Å². The van der Waals surface area contributed by atoms with Gasteiger partial charge in [0.2, 0.25) is 5.91 Å². The first kappa shape index (κ1) is 18.8. The third-order valence-corrected chi connectivity index (χ3v) is 4.04. The molecule has 0 saturated carbocycles. The van der Waals surface area contributed by atoms with Crippen molar-refractivity contribution < 1.29 is 22.7 Å². The molecule has 1 amide bonds. The number of fused-ring (bicyclic) bond motifs is 1. The average Bonchev–Trinajstić information content (AvgIpc) is 2.97. The maximum absolute atomic E-state index is 12.4. The fourth-order valence-corrected chi connectivity index (χ4v) is 2.84. The highest BCUT2D eigenvalue weighted by molar-refractivity contribution is 6.01. The summed E-state index contributed by atoms with van der Waals surface area (Å²) in [4.78, 5) is 14.4. The number of hydrogen-bond acceptors (Lipinski definition) is 2. The predicted octanol–water partition coefficient (Wildman–Crippen LogP) is 4.85. The van der Waals surface area contributed by atoms with E-state index in [-0.39, 0.29) is 11.5 Å². The van der Waals surface area contributed by atoms with Crippen LogP contribution >= 0.6 is 0 Å². The molecule has 0 aliphatic rings. The predicted molar refractivity (Wildman–Crippen MR) is 98.0 cm³/mol. The molecular weight excluding hydrogens is 357 g/mol. The van der Waals surface area contributed by atoms with Crippen LogP contribution in [0.25, 0.3) is 10.9 Å². The van der Waals surface area contributed by atoms with Gasteiger partial charge in [0.05, 0.1) is 18.7 Å². The number of anilines is 1. The van der Waals surface area contributed by atoms with E-state index in [2.05, 4.69) is 10.3 Å². The van der Waals surface area contributed by atoms with Crippen LogP contribution in [-0.4, -0.2) is 23.7 Å². The fraction of sp³-hybridized carbons (Fsp3) is 0.250. The number of aromatic amines is 1. The van der Waals surface area contributed by atoms with E-state index in [1.165, 1.54) is 19.1 Å². The lowest BCUT2D eigenvalue weighted by molar-refractivity contribution is -0.127. The van der Waals surface area contributed by atoms with Gasteiger partial charge in [-0.15, -0.1) is 0 Å². The summed E-state index contributed by atoms with van der Waals surface area (Å²) in [6, 6.07) is 11.8. The van der Waals surface area contributed by atoms with Crippen LogP contribution in [0.2, 0.25) is 0 Å². The van der Waals surface area contributed by atoms with Gasteiger partial charge in [0.1, 0.15) is 5.75 Å². The molecule has 27 heavy (non-hydrogen) atoms. The van der Waals surface area contributed by atoms with Gasteiger partial charge in [-0.2, -0.15) is 13.2 Å². The third-order valence-electron chi connectivity index (χ3n) is 4.04. The Balaban J connectivity index is 1.59. The van der Waals surface area contributed by atoms with Gasteiger partial charge in [0.15, 0.2) is 0 Å². The highest BCUT2D eigenvalue weighted by Crippen LogP contribution is 2.25. The molecule has 7 heteroatoms. The zero-order chi connectivity index (χ0) is 19.4. The van der Waals surface area contributed by atoms with Gasteiger partial charge in [-0.05, 0) is 35.4 Å². The number of carbonyl (C=O) groups is 1. The molecule has 0 atom stereocenters. The second-order valence-corrected chi connectivity index (χ2v) is 6.30. The summed E-state index contributed by atoms with van der Waals surface area (Å²) < 4.78 is 42.7. The van der Waals surface area contributed by atoms with Crippen LogP contribution in [0.15, 0.2) is 48.7 Å². The van der Waals surface area contributed by atoms with Gasteiger partial charge < -0.3 is 15.0 Å². The minimum atomic E-state index is -4.21. The van der Waals surface area contributed by atoms with Crippen LogP contribution in [0, 0.1) is 0 Å². The molecule has 0 unspecified atom stereocenters. The fourth-order valence-electron chi connectivity index (χ4n) is 2.84. The Hall–Kier alpha value is -2.96. The van der Waals surface area contributed by atoms with Crippen molar-refractivity contribution in [3.8, 4) is 5.75 Å². The van der Waals surface area contributed by atoms with Crippen molar-refractivity contribution in [3.05, 3.63) is 59.8 Å². The quantitative estimate of drug-likeness (QED) is 0.646. The standard InChI is InChI=1S/C20H19F3N2O2/c1-13(26)25-19-12-24-18-7-4-14(10-17(18)19)8-9-27-16-5-2-15(3-6-16)11-20(21,22)23/h2-7,10,12,24H,8-9,11H2,1H3,(H,25,26). The lowest BCUT2D eigenvalue weighted by Crippen LogP contribution is -2.11. The number of carbonyl (C=O) groups excluding carboxylic acids is 1. The first-order valence-corrected chi connectivity index (χ1v) is 8.46. The van der Waals surface area contributed by atoms with Crippen molar-refractivity contribution in [1.82, 2.24) is 4.98 Å². The number of nitrogens with one attached hydrogen (secondary N) is 2. The Labute approximate surface area is 154 Å². The number of amides is 1. The minimum Gasteiger partial charge on any atom is -0.493 e. The van der Waals surface area contributed by atoms with E-state index in [0.717, 1.165) is 22.2 Å². The molecule has 0 saturated heterocycles. The van der Waals surface area contributed by atoms with Crippen molar-refractivity contribution in [2.24, 2.45) is 0 Å². The molecule has 3 rings (SSSR count). The van der Waals surface area contributed by atoms with E-state index in [4.69, 9.17) is 4.74 Å². The summed E-state index contributed by atoms with van der Waals surface area (Å²) in [6.45, 7) is 1.85. The minimum absolute atomic E-state index is 0.140. The Morgan fingerprint density at radius 1 is 1.11 bits per heavy atom. The van der Waals surface area contributed by atoms with Crippen molar-refractivity contribution >= 4 is 22.5 Å². The number of ether oxygens (including phenoxy) is 1. The van der Waals surface area contributed by atoms with Crippen molar-refractivity contribution in [3.63, 3.8) is 0 Å². The van der Waals surface area contributed by atoms with Crippen LogP contribution in [0.5, 0.6) is 5.75 Å². The van der Waals surface area contributed by atoms with Crippen LogP contribution in [0.4, 0.5) is 18.9 Å². The van der Waals surface area contributed by atoms with Gasteiger partial charge in [-0.25, -0.2) is 0 Å². The van der Waals surface area contributed by atoms with Gasteiger partial charge in [0.25, 0.3) is 0 Å². The van der Waals surface area contributed by atoms with Gasteiger partial charge in [-0.3, -0.25) is 4.79 Å². The van der Waals surface area contributed by atoms with Gasteiger partial charge in [-0.1, -0.05) is 18.2 Å². The number of alkyl halides is 3. The number of H-pyrrole nitrogens is 1. The molecule has 0 fully saturated rings. The Morgan fingerprint density at radius 3 is 2.48 bits per heavy atom. The molecule has 4 nitrogen and oxygen atoms in total. The average molecular weight is 376 g/mol. The number of hydrogen-bond donors (Lipinski definition) is 2. The number of rotatable bonds is 6. The highest BCUT2D eigenvalue weighted by atomic mass is 19.4. The smallest absolute Gasteiger partial charge is 0.393 e. The summed E-state index contributed by atoms with van der Waals surface area (Å²) in [6.07, 6.45) is -2.78. The molecule has 0 bridgehead atoms. The van der Waals surface area contributed by atoms with Gasteiger partial charge in [0, 0.05) is 30.4 Å². The molecular formula is C20H19F3N2O2. The molecule has 1 aromatic heterocycles. The van der Waals surface area contributed by atoms with E-state index < -0.39 is 12.6 Å². The molecule has 2 N–H and O–H groups in total. The number of aromatic nitrogens is 1. The van der Waals surface area contributed by atoms with Crippen molar-refractivity contribution in [1.29, 1.82) is 0 Å². The molecule has 0 aliphatic heterocycles. The van der Waals surface area contributed by atoms with Crippen molar-refractivity contribution in [2.75, 3.05) is 11.9 Å². The molecule has 3 aromatic rings. The highest BCUT2D eigenvalue weighted by Gasteiger charge is 2.27. The molecule has 0 spiro atoms. The Kier molecular flexibility index (Phi) is 5.39. The maximum Gasteiger partial charge on any atom is 0.393 e. The second kappa shape index (κ2) is 7.73. The first-order valence-electron chi connectivity index (χ1n) is 8.46. The van der Waals surface area contributed by atoms with E-state index in [1.807, 2.05) is 18.2 Å². The number of benzene rings is 2.